The van der Waals surface area contributed by atoms with Gasteiger partial charge in [0.25, 0.3) is 5.91 Å². The Balaban J connectivity index is 1.52. The number of urea groups is 1. The fourth-order valence-corrected chi connectivity index (χ4v) is 5.17. The number of nitrogens with one attached hydrogen (secondary N) is 1. The first kappa shape index (κ1) is 22.1. The van der Waals surface area contributed by atoms with E-state index in [4.69, 9.17) is 0 Å². The van der Waals surface area contributed by atoms with E-state index in [2.05, 4.69) is 54.1 Å². The van der Waals surface area contributed by atoms with Crippen LogP contribution in [-0.2, 0) is 4.79 Å². The SMILES string of the molecule is CCCCCCCN1C(=O)C2C(NC3N(c4ccc(C)c(C)c4)CCCN23)N(C)C1=O. The van der Waals surface area contributed by atoms with Crippen molar-refractivity contribution in [1.29, 1.82) is 0 Å². The first-order valence-corrected chi connectivity index (χ1v) is 11.9. The maximum Gasteiger partial charge on any atom is 0.327 e. The summed E-state index contributed by atoms with van der Waals surface area (Å²) in [6.07, 6.45) is 6.14. The van der Waals surface area contributed by atoms with E-state index in [1.54, 1.807) is 4.90 Å². The van der Waals surface area contributed by atoms with Crippen molar-refractivity contribution in [2.75, 3.05) is 31.6 Å². The third-order valence-electron chi connectivity index (χ3n) is 7.18. The average Bonchev–Trinajstić information content (AvgIpc) is 3.16. The number of anilines is 1. The summed E-state index contributed by atoms with van der Waals surface area (Å²) in [7, 11) is 1.82. The van der Waals surface area contributed by atoms with Crippen molar-refractivity contribution in [3.63, 3.8) is 0 Å². The number of rotatable bonds is 7. The van der Waals surface area contributed by atoms with Crippen LogP contribution in [0.25, 0.3) is 0 Å². The Morgan fingerprint density at radius 2 is 1.81 bits per heavy atom. The van der Waals surface area contributed by atoms with Gasteiger partial charge >= 0.3 is 6.03 Å². The molecule has 7 heteroatoms. The first-order valence-electron chi connectivity index (χ1n) is 11.9. The van der Waals surface area contributed by atoms with E-state index in [0.29, 0.717) is 6.54 Å². The van der Waals surface area contributed by atoms with E-state index in [1.165, 1.54) is 28.9 Å². The number of amides is 3. The Hall–Kier alpha value is -2.12. The van der Waals surface area contributed by atoms with Crippen LogP contribution < -0.4 is 10.2 Å². The van der Waals surface area contributed by atoms with E-state index >= 15 is 0 Å². The summed E-state index contributed by atoms with van der Waals surface area (Å²) >= 11 is 0. The number of unbranched alkanes of at least 4 members (excludes halogenated alkanes) is 4. The Morgan fingerprint density at radius 1 is 1.03 bits per heavy atom. The average molecular weight is 428 g/mol. The molecule has 1 aromatic rings. The number of carbonyl (C=O) groups is 2. The molecule has 3 fully saturated rings. The summed E-state index contributed by atoms with van der Waals surface area (Å²) in [5.41, 5.74) is 3.71. The molecular weight excluding hydrogens is 390 g/mol. The van der Waals surface area contributed by atoms with Gasteiger partial charge in [-0.2, -0.15) is 0 Å². The van der Waals surface area contributed by atoms with Gasteiger partial charge in [0.2, 0.25) is 0 Å². The fourth-order valence-electron chi connectivity index (χ4n) is 5.17. The first-order chi connectivity index (χ1) is 14.9. The van der Waals surface area contributed by atoms with E-state index in [0.717, 1.165) is 44.5 Å². The van der Waals surface area contributed by atoms with Crippen LogP contribution in [0.5, 0.6) is 0 Å². The third kappa shape index (κ3) is 4.05. The minimum atomic E-state index is -0.322. The standard InChI is InChI=1S/C24H37N5O2/c1-5-6-7-8-9-13-29-22(30)20-21(26(4)24(29)31)25-23-27(14-10-15-28(20)23)19-12-11-17(2)18(3)16-19/h11-12,16,20-21,23,25H,5-10,13-15H2,1-4H3. The lowest BCUT2D eigenvalue weighted by atomic mass is 10.1. The maximum atomic E-state index is 13.5. The van der Waals surface area contributed by atoms with E-state index < -0.39 is 0 Å². The molecule has 0 aromatic heterocycles. The molecule has 0 bridgehead atoms. The molecule has 1 aromatic carbocycles. The Labute approximate surface area is 186 Å². The molecule has 3 atom stereocenters. The monoisotopic (exact) mass is 427 g/mol. The highest BCUT2D eigenvalue weighted by atomic mass is 16.2. The largest absolute Gasteiger partial charge is 0.343 e. The Bertz CT molecular complexity index is 828. The summed E-state index contributed by atoms with van der Waals surface area (Å²) in [6.45, 7) is 8.77. The summed E-state index contributed by atoms with van der Waals surface area (Å²) in [4.78, 5) is 34.3. The lowest BCUT2D eigenvalue weighted by Crippen LogP contribution is -2.66. The second-order valence-electron chi connectivity index (χ2n) is 9.28. The normalized spacial score (nSPS) is 26.5. The number of imide groups is 1. The number of benzene rings is 1. The predicted octanol–water partition coefficient (Wildman–Crippen LogP) is 3.26. The number of hydrogen-bond donors (Lipinski definition) is 1. The van der Waals surface area contributed by atoms with E-state index in [-0.39, 0.29) is 30.4 Å². The molecule has 3 heterocycles. The molecule has 3 unspecified atom stereocenters. The molecule has 0 saturated carbocycles. The summed E-state index contributed by atoms with van der Waals surface area (Å²) in [5, 5.41) is 3.60. The molecule has 0 aliphatic carbocycles. The molecule has 3 saturated heterocycles. The Kier molecular flexibility index (Phi) is 6.53. The van der Waals surface area contributed by atoms with E-state index in [9.17, 15) is 9.59 Å². The molecule has 0 spiro atoms. The molecule has 3 amide bonds. The summed E-state index contributed by atoms with van der Waals surface area (Å²) in [5.74, 6) is -0.0412. The van der Waals surface area contributed by atoms with Crippen LogP contribution in [-0.4, -0.2) is 71.8 Å². The van der Waals surface area contributed by atoms with Crippen molar-refractivity contribution >= 4 is 17.6 Å². The van der Waals surface area contributed by atoms with Gasteiger partial charge in [0, 0.05) is 32.4 Å². The predicted molar refractivity (Wildman–Crippen MR) is 123 cm³/mol. The van der Waals surface area contributed by atoms with Crippen molar-refractivity contribution in [2.24, 2.45) is 0 Å². The van der Waals surface area contributed by atoms with Crippen molar-refractivity contribution in [1.82, 2.24) is 20.0 Å². The minimum absolute atomic E-state index is 0.0412. The molecule has 1 N–H and O–H groups in total. The van der Waals surface area contributed by atoms with Crippen molar-refractivity contribution < 1.29 is 9.59 Å². The van der Waals surface area contributed by atoms with Gasteiger partial charge in [0.1, 0.15) is 18.5 Å². The highest BCUT2D eigenvalue weighted by molar-refractivity contribution is 6.00. The second-order valence-corrected chi connectivity index (χ2v) is 9.28. The van der Waals surface area contributed by atoms with Gasteiger partial charge < -0.3 is 9.80 Å². The molecule has 7 nitrogen and oxygen atoms in total. The molecule has 3 aliphatic heterocycles. The summed E-state index contributed by atoms with van der Waals surface area (Å²) < 4.78 is 0. The minimum Gasteiger partial charge on any atom is -0.343 e. The third-order valence-corrected chi connectivity index (χ3v) is 7.18. The van der Waals surface area contributed by atoms with Gasteiger partial charge in [0.05, 0.1) is 0 Å². The number of hydrogen-bond acceptors (Lipinski definition) is 5. The van der Waals surface area contributed by atoms with Gasteiger partial charge in [-0.15, -0.1) is 0 Å². The molecule has 4 rings (SSSR count). The van der Waals surface area contributed by atoms with Crippen molar-refractivity contribution in [3.05, 3.63) is 29.3 Å². The number of fused-ring (bicyclic) bond motifs is 3. The van der Waals surface area contributed by atoms with Gasteiger partial charge in [-0.3, -0.25) is 19.9 Å². The molecule has 170 valence electrons. The number of nitrogens with zero attached hydrogens (tertiary/aromatic N) is 4. The van der Waals surface area contributed by atoms with Gasteiger partial charge in [-0.25, -0.2) is 4.79 Å². The zero-order valence-electron chi connectivity index (χ0n) is 19.4. The topological polar surface area (TPSA) is 59.1 Å². The van der Waals surface area contributed by atoms with Crippen LogP contribution in [0.4, 0.5) is 10.5 Å². The van der Waals surface area contributed by atoms with Crippen LogP contribution >= 0.6 is 0 Å². The maximum absolute atomic E-state index is 13.5. The Morgan fingerprint density at radius 3 is 2.55 bits per heavy atom. The lowest BCUT2D eigenvalue weighted by molar-refractivity contribution is -0.138. The van der Waals surface area contributed by atoms with Gasteiger partial charge in [-0.1, -0.05) is 38.7 Å². The zero-order chi connectivity index (χ0) is 22.1. The molecule has 0 radical (unpaired) electrons. The van der Waals surface area contributed by atoms with Gasteiger partial charge in [0.15, 0.2) is 0 Å². The van der Waals surface area contributed by atoms with Crippen LogP contribution in [0.1, 0.15) is 56.6 Å². The number of carbonyl (C=O) groups excluding carboxylic acids is 2. The van der Waals surface area contributed by atoms with Crippen molar-refractivity contribution in [2.45, 2.75) is 77.8 Å². The molecular formula is C24H37N5O2. The second kappa shape index (κ2) is 9.17. The quantitative estimate of drug-likeness (QED) is 0.677. The molecule has 3 aliphatic rings. The highest BCUT2D eigenvalue weighted by Crippen LogP contribution is 2.33. The highest BCUT2D eigenvalue weighted by Gasteiger charge is 2.55. The van der Waals surface area contributed by atoms with Crippen molar-refractivity contribution in [3.8, 4) is 0 Å². The fraction of sp³-hybridized carbons (Fsp3) is 0.667. The van der Waals surface area contributed by atoms with Crippen LogP contribution in [0, 0.1) is 13.8 Å². The smallest absolute Gasteiger partial charge is 0.327 e. The van der Waals surface area contributed by atoms with Crippen LogP contribution in [0.3, 0.4) is 0 Å². The number of aryl methyl sites for hydroxylation is 2. The zero-order valence-corrected chi connectivity index (χ0v) is 19.4. The lowest BCUT2D eigenvalue weighted by Gasteiger charge is -2.44. The molecule has 31 heavy (non-hydrogen) atoms. The number of likely N-dealkylation sites (N-methyl/N-ethyl adjacent to an activating group) is 1. The van der Waals surface area contributed by atoms with Gasteiger partial charge in [-0.05, 0) is 49.9 Å². The van der Waals surface area contributed by atoms with E-state index in [1.807, 2.05) is 7.05 Å². The summed E-state index contributed by atoms with van der Waals surface area (Å²) in [6, 6.07) is 6.05. The van der Waals surface area contributed by atoms with Crippen LogP contribution in [0.15, 0.2) is 18.2 Å². The van der Waals surface area contributed by atoms with Crippen LogP contribution in [0.2, 0.25) is 0 Å².